The van der Waals surface area contributed by atoms with Gasteiger partial charge in [-0.1, -0.05) is 36.4 Å². The summed E-state index contributed by atoms with van der Waals surface area (Å²) in [6.07, 6.45) is 0. The molecule has 0 radical (unpaired) electrons. The largest absolute Gasteiger partial charge is 0.495 e. The standard InChI is InChI=1S/C21H25N3O3S/c1-15-8-4-5-9-16(15)20-24(19(25)14-28-20)13-12-23(2)21(26)22-17-10-6-7-11-18(17)27-3/h4-11,20H,12-14H2,1-3H3,(H,22,26)/t20-/m1/s1. The summed E-state index contributed by atoms with van der Waals surface area (Å²) in [4.78, 5) is 28.4. The van der Waals surface area contributed by atoms with Crippen molar-refractivity contribution in [1.29, 1.82) is 0 Å². The molecule has 0 aromatic heterocycles. The average Bonchev–Trinajstić information content (AvgIpc) is 3.07. The van der Waals surface area contributed by atoms with Crippen LogP contribution in [-0.2, 0) is 4.79 Å². The van der Waals surface area contributed by atoms with E-state index in [-0.39, 0.29) is 17.3 Å². The quantitative estimate of drug-likeness (QED) is 0.804. The van der Waals surface area contributed by atoms with Gasteiger partial charge in [-0.25, -0.2) is 4.79 Å². The van der Waals surface area contributed by atoms with E-state index in [1.807, 2.05) is 29.2 Å². The summed E-state index contributed by atoms with van der Waals surface area (Å²) in [6, 6.07) is 15.2. The highest BCUT2D eigenvalue weighted by Crippen LogP contribution is 2.39. The number of ether oxygens (including phenoxy) is 1. The molecule has 2 aromatic rings. The van der Waals surface area contributed by atoms with Crippen LogP contribution in [0, 0.1) is 6.92 Å². The summed E-state index contributed by atoms with van der Waals surface area (Å²) in [5, 5.41) is 2.85. The molecular formula is C21H25N3O3S. The van der Waals surface area contributed by atoms with E-state index in [9.17, 15) is 9.59 Å². The third-order valence-corrected chi connectivity index (χ3v) is 6.03. The van der Waals surface area contributed by atoms with Crippen molar-refractivity contribution < 1.29 is 14.3 Å². The number of anilines is 1. The lowest BCUT2D eigenvalue weighted by molar-refractivity contribution is -0.128. The number of urea groups is 1. The van der Waals surface area contributed by atoms with E-state index in [2.05, 4.69) is 24.4 Å². The predicted octanol–water partition coefficient (Wildman–Crippen LogP) is 3.74. The zero-order valence-electron chi connectivity index (χ0n) is 16.3. The van der Waals surface area contributed by atoms with Gasteiger partial charge in [0.15, 0.2) is 0 Å². The normalized spacial score (nSPS) is 16.2. The van der Waals surface area contributed by atoms with Crippen molar-refractivity contribution in [3.63, 3.8) is 0 Å². The van der Waals surface area contributed by atoms with Gasteiger partial charge < -0.3 is 19.9 Å². The molecule has 0 saturated carbocycles. The number of nitrogens with one attached hydrogen (secondary N) is 1. The molecule has 1 saturated heterocycles. The number of rotatable bonds is 6. The molecule has 3 rings (SSSR count). The summed E-state index contributed by atoms with van der Waals surface area (Å²) >= 11 is 1.63. The van der Waals surface area contributed by atoms with Crippen LogP contribution in [-0.4, -0.2) is 54.7 Å². The lowest BCUT2D eigenvalue weighted by Gasteiger charge is -2.28. The van der Waals surface area contributed by atoms with E-state index in [4.69, 9.17) is 4.74 Å². The van der Waals surface area contributed by atoms with Crippen LogP contribution in [0.5, 0.6) is 5.75 Å². The lowest BCUT2D eigenvalue weighted by atomic mass is 10.1. The number of aryl methyl sites for hydroxylation is 1. The molecule has 28 heavy (non-hydrogen) atoms. The van der Waals surface area contributed by atoms with Gasteiger partial charge in [0.1, 0.15) is 11.1 Å². The van der Waals surface area contributed by atoms with Crippen LogP contribution in [0.1, 0.15) is 16.5 Å². The van der Waals surface area contributed by atoms with Crippen LogP contribution in [0.25, 0.3) is 0 Å². The summed E-state index contributed by atoms with van der Waals surface area (Å²) in [5.74, 6) is 1.18. The van der Waals surface area contributed by atoms with Crippen molar-refractivity contribution in [2.45, 2.75) is 12.3 Å². The van der Waals surface area contributed by atoms with Gasteiger partial charge in [0.25, 0.3) is 0 Å². The Balaban J connectivity index is 1.62. The Kier molecular flexibility index (Phi) is 6.46. The average molecular weight is 400 g/mol. The Morgan fingerprint density at radius 2 is 1.96 bits per heavy atom. The molecule has 1 fully saturated rings. The first-order chi connectivity index (χ1) is 13.5. The molecule has 3 amide bonds. The van der Waals surface area contributed by atoms with E-state index < -0.39 is 0 Å². The number of methoxy groups -OCH3 is 1. The summed E-state index contributed by atoms with van der Waals surface area (Å²) in [5.41, 5.74) is 2.94. The second-order valence-corrected chi connectivity index (χ2v) is 7.73. The van der Waals surface area contributed by atoms with E-state index in [0.717, 1.165) is 5.56 Å². The van der Waals surface area contributed by atoms with E-state index >= 15 is 0 Å². The first-order valence-corrected chi connectivity index (χ1v) is 10.2. The number of thioether (sulfide) groups is 1. The van der Waals surface area contributed by atoms with Crippen molar-refractivity contribution in [3.05, 3.63) is 59.7 Å². The molecule has 1 atom stereocenters. The smallest absolute Gasteiger partial charge is 0.321 e. The molecule has 0 spiro atoms. The number of hydrogen-bond donors (Lipinski definition) is 1. The van der Waals surface area contributed by atoms with Gasteiger partial charge in [0.2, 0.25) is 5.91 Å². The Bertz CT molecular complexity index is 858. The number of hydrogen-bond acceptors (Lipinski definition) is 4. The zero-order valence-corrected chi connectivity index (χ0v) is 17.2. The monoisotopic (exact) mass is 399 g/mol. The number of carbonyl (C=O) groups excluding carboxylic acids is 2. The Hall–Kier alpha value is -2.67. The van der Waals surface area contributed by atoms with Crippen LogP contribution in [0.3, 0.4) is 0 Å². The van der Waals surface area contributed by atoms with Crippen LogP contribution in [0.15, 0.2) is 48.5 Å². The number of likely N-dealkylation sites (N-methyl/N-ethyl adjacent to an activating group) is 1. The maximum atomic E-state index is 12.5. The summed E-state index contributed by atoms with van der Waals surface area (Å²) < 4.78 is 5.27. The van der Waals surface area contributed by atoms with Crippen LogP contribution in [0.2, 0.25) is 0 Å². The first kappa shape index (κ1) is 20.1. The molecule has 0 bridgehead atoms. The first-order valence-electron chi connectivity index (χ1n) is 9.13. The van der Waals surface area contributed by atoms with Gasteiger partial charge in [0.05, 0.1) is 18.6 Å². The number of carbonyl (C=O) groups is 2. The van der Waals surface area contributed by atoms with Crippen molar-refractivity contribution >= 4 is 29.4 Å². The van der Waals surface area contributed by atoms with Crippen molar-refractivity contribution in [1.82, 2.24) is 9.80 Å². The number of nitrogens with zero attached hydrogens (tertiary/aromatic N) is 2. The highest BCUT2D eigenvalue weighted by Gasteiger charge is 2.33. The molecule has 6 nitrogen and oxygen atoms in total. The van der Waals surface area contributed by atoms with E-state index in [0.29, 0.717) is 30.3 Å². The minimum atomic E-state index is -0.240. The molecule has 1 heterocycles. The third-order valence-electron chi connectivity index (χ3n) is 4.79. The summed E-state index contributed by atoms with van der Waals surface area (Å²) in [6.45, 7) is 2.99. The Morgan fingerprint density at radius 1 is 1.25 bits per heavy atom. The van der Waals surface area contributed by atoms with Gasteiger partial charge in [0, 0.05) is 20.1 Å². The van der Waals surface area contributed by atoms with Gasteiger partial charge in [-0.05, 0) is 30.2 Å². The van der Waals surface area contributed by atoms with Crippen molar-refractivity contribution in [2.75, 3.05) is 38.3 Å². The molecular weight excluding hydrogens is 374 g/mol. The predicted molar refractivity (Wildman–Crippen MR) is 113 cm³/mol. The van der Waals surface area contributed by atoms with Crippen LogP contribution < -0.4 is 10.1 Å². The van der Waals surface area contributed by atoms with Crippen LogP contribution >= 0.6 is 11.8 Å². The molecule has 1 aliphatic rings. The summed E-state index contributed by atoms with van der Waals surface area (Å²) in [7, 11) is 3.29. The molecule has 148 valence electrons. The molecule has 0 aliphatic carbocycles. The molecule has 1 aliphatic heterocycles. The molecule has 0 unspecified atom stereocenters. The highest BCUT2D eigenvalue weighted by molar-refractivity contribution is 8.00. The fourth-order valence-corrected chi connectivity index (χ4v) is 4.45. The van der Waals surface area contributed by atoms with Gasteiger partial charge in [-0.3, -0.25) is 4.79 Å². The number of para-hydroxylation sites is 2. The van der Waals surface area contributed by atoms with Gasteiger partial charge >= 0.3 is 6.03 Å². The fraction of sp³-hybridized carbons (Fsp3) is 0.333. The SMILES string of the molecule is COc1ccccc1NC(=O)N(C)CCN1C(=O)CS[C@@H]1c1ccccc1C. The second-order valence-electron chi connectivity index (χ2n) is 6.66. The number of benzene rings is 2. The second kappa shape index (κ2) is 9.01. The van der Waals surface area contributed by atoms with Crippen LogP contribution in [0.4, 0.5) is 10.5 Å². The van der Waals surface area contributed by atoms with E-state index in [1.54, 1.807) is 43.0 Å². The molecule has 2 aromatic carbocycles. The van der Waals surface area contributed by atoms with E-state index in [1.165, 1.54) is 5.56 Å². The fourth-order valence-electron chi connectivity index (χ4n) is 3.14. The third kappa shape index (κ3) is 4.42. The minimum absolute atomic E-state index is 0.000575. The van der Waals surface area contributed by atoms with Gasteiger partial charge in [-0.15, -0.1) is 11.8 Å². The highest BCUT2D eigenvalue weighted by atomic mass is 32.2. The van der Waals surface area contributed by atoms with Gasteiger partial charge in [-0.2, -0.15) is 0 Å². The Labute approximate surface area is 169 Å². The number of amides is 3. The van der Waals surface area contributed by atoms with Crippen molar-refractivity contribution in [2.24, 2.45) is 0 Å². The zero-order chi connectivity index (χ0) is 20.1. The topological polar surface area (TPSA) is 61.9 Å². The van der Waals surface area contributed by atoms with Crippen molar-refractivity contribution in [3.8, 4) is 5.75 Å². The maximum absolute atomic E-state index is 12.5. The maximum Gasteiger partial charge on any atom is 0.321 e. The Morgan fingerprint density at radius 3 is 2.71 bits per heavy atom. The molecule has 7 heteroatoms. The lowest BCUT2D eigenvalue weighted by Crippen LogP contribution is -2.40. The minimum Gasteiger partial charge on any atom is -0.495 e. The molecule has 1 N–H and O–H groups in total.